The predicted octanol–water partition coefficient (Wildman–Crippen LogP) is 8.29. The molecule has 0 aliphatic carbocycles. The van der Waals surface area contributed by atoms with Crippen LogP contribution in [-0.2, 0) is 21.0 Å². The Kier molecular flexibility index (Phi) is 8.37. The predicted molar refractivity (Wildman–Crippen MR) is 176 cm³/mol. The molecule has 3 aromatic carbocycles. The molecule has 3 aliphatic heterocycles. The van der Waals surface area contributed by atoms with Crippen LogP contribution < -0.4 is 0 Å². The molecule has 4 unspecified atom stereocenters. The molecule has 0 bridgehead atoms. The second-order valence-corrected chi connectivity index (χ2v) is 16.0. The molecule has 1 saturated heterocycles. The molecule has 0 spiro atoms. The van der Waals surface area contributed by atoms with Gasteiger partial charge in [0.05, 0.1) is 20.1 Å². The van der Waals surface area contributed by atoms with Crippen molar-refractivity contribution < 1.29 is 21.9 Å². The van der Waals surface area contributed by atoms with Crippen molar-refractivity contribution in [1.29, 1.82) is 0 Å². The zero-order valence-corrected chi connectivity index (χ0v) is 28.0. The van der Waals surface area contributed by atoms with E-state index in [1.54, 1.807) is 30.0 Å². The first kappa shape index (κ1) is 31.8. The van der Waals surface area contributed by atoms with Gasteiger partial charge in [-0.2, -0.15) is 0 Å². The SMILES string of the molecule is CC1C(C(C)(C)c2ccc(S(C)(=O)=O)cc2)=CN=C(SCc2ccc(Cl)c(C3=NN=[N+]4C(C)C34)c2)CC1c1ccc(F)c(F)c1. The van der Waals surface area contributed by atoms with E-state index in [2.05, 4.69) is 44.1 Å². The summed E-state index contributed by atoms with van der Waals surface area (Å²) in [6, 6.07) is 17.5. The Morgan fingerprint density at radius 3 is 2.40 bits per heavy atom. The van der Waals surface area contributed by atoms with Crippen LogP contribution in [0.15, 0.2) is 92.6 Å². The number of hydrogen-bond acceptors (Lipinski definition) is 6. The lowest BCUT2D eigenvalue weighted by atomic mass is 9.68. The molecule has 0 N–H and O–H groups in total. The van der Waals surface area contributed by atoms with Crippen molar-refractivity contribution in [1.82, 2.24) is 0 Å². The lowest BCUT2D eigenvalue weighted by Gasteiger charge is -2.35. The molecule has 0 aromatic heterocycles. The molecule has 0 saturated carbocycles. The van der Waals surface area contributed by atoms with E-state index in [0.717, 1.165) is 33.0 Å². The zero-order valence-electron chi connectivity index (χ0n) is 25.6. The van der Waals surface area contributed by atoms with Crippen LogP contribution in [0.25, 0.3) is 0 Å². The van der Waals surface area contributed by atoms with Crippen LogP contribution in [-0.4, -0.2) is 42.2 Å². The molecule has 11 heteroatoms. The van der Waals surface area contributed by atoms with E-state index >= 15 is 0 Å². The number of nitrogens with zero attached hydrogens (tertiary/aromatic N) is 4. The van der Waals surface area contributed by atoms with Gasteiger partial charge in [0.25, 0.3) is 0 Å². The van der Waals surface area contributed by atoms with E-state index in [9.17, 15) is 17.2 Å². The van der Waals surface area contributed by atoms with Gasteiger partial charge in [0.2, 0.25) is 11.8 Å². The van der Waals surface area contributed by atoms with Gasteiger partial charge < -0.3 is 0 Å². The number of fused-ring (bicyclic) bond motifs is 1. The summed E-state index contributed by atoms with van der Waals surface area (Å²) in [5.74, 6) is -1.39. The number of rotatable bonds is 7. The monoisotopic (exact) mass is 667 g/mol. The highest BCUT2D eigenvalue weighted by Crippen LogP contribution is 2.45. The van der Waals surface area contributed by atoms with Gasteiger partial charge >= 0.3 is 0 Å². The van der Waals surface area contributed by atoms with Crippen LogP contribution in [0, 0.1) is 17.6 Å². The largest absolute Gasteiger partial charge is 0.254 e. The average molecular weight is 668 g/mol. The molecule has 45 heavy (non-hydrogen) atoms. The summed E-state index contributed by atoms with van der Waals surface area (Å²) in [6.07, 6.45) is 3.64. The van der Waals surface area contributed by atoms with Crippen LogP contribution >= 0.6 is 23.4 Å². The average Bonchev–Trinajstić information content (AvgIpc) is 3.47. The number of thioether (sulfide) groups is 1. The second-order valence-electron chi connectivity index (χ2n) is 12.5. The maximum Gasteiger partial charge on any atom is 0.239 e. The molecule has 234 valence electrons. The Bertz CT molecular complexity index is 1920. The van der Waals surface area contributed by atoms with Gasteiger partial charge in [0.15, 0.2) is 27.5 Å². The molecule has 3 heterocycles. The van der Waals surface area contributed by atoms with Crippen LogP contribution in [0.4, 0.5) is 8.78 Å². The van der Waals surface area contributed by atoms with Gasteiger partial charge in [0, 0.05) is 35.6 Å². The van der Waals surface area contributed by atoms with E-state index in [0.29, 0.717) is 28.8 Å². The van der Waals surface area contributed by atoms with Gasteiger partial charge in [-0.15, -0.1) is 16.5 Å². The van der Waals surface area contributed by atoms with Gasteiger partial charge in [-0.05, 0) is 77.4 Å². The van der Waals surface area contributed by atoms with Crippen molar-refractivity contribution in [3.8, 4) is 0 Å². The van der Waals surface area contributed by atoms with Crippen LogP contribution in [0.2, 0.25) is 5.02 Å². The van der Waals surface area contributed by atoms with Crippen molar-refractivity contribution >= 4 is 44.0 Å². The standard InChI is InChI=1S/C34H34ClF2N4O2S2/c1-19-25(22-7-13-29(36)30(37)15-22)16-31(38-17-27(19)34(3,4)23-8-10-24(11-9-23)45(5,42)43)44-18-21-6-12-28(35)26(14-21)32-33-20(2)41(33)40-39-32/h6-15,17,19-20,25,33H,16,18H2,1-5H3/q+1. The third kappa shape index (κ3) is 6.16. The summed E-state index contributed by atoms with van der Waals surface area (Å²) in [5, 5.41) is 10.1. The summed E-state index contributed by atoms with van der Waals surface area (Å²) >= 11 is 8.19. The number of halogens is 3. The van der Waals surface area contributed by atoms with E-state index < -0.39 is 26.9 Å². The zero-order chi connectivity index (χ0) is 32.3. The fraction of sp³-hybridized carbons (Fsp3) is 0.353. The first-order chi connectivity index (χ1) is 21.3. The summed E-state index contributed by atoms with van der Waals surface area (Å²) in [7, 11) is -3.33. The topological polar surface area (TPSA) is 74.2 Å². The Labute approximate surface area is 271 Å². The molecule has 1 fully saturated rings. The second kappa shape index (κ2) is 11.9. The summed E-state index contributed by atoms with van der Waals surface area (Å²) in [5.41, 5.74) is 4.96. The minimum atomic E-state index is -3.33. The molecule has 3 aliphatic rings. The molecule has 4 atom stereocenters. The van der Waals surface area contributed by atoms with Crippen molar-refractivity contribution in [2.45, 2.75) is 68.2 Å². The normalized spacial score (nSPS) is 23.0. The minimum absolute atomic E-state index is 0.0870. The van der Waals surface area contributed by atoms with E-state index in [-0.39, 0.29) is 22.8 Å². The minimum Gasteiger partial charge on any atom is -0.254 e. The van der Waals surface area contributed by atoms with Crippen LogP contribution in [0.1, 0.15) is 62.3 Å². The molecular weight excluding hydrogens is 634 g/mol. The van der Waals surface area contributed by atoms with Gasteiger partial charge in [-0.3, -0.25) is 4.99 Å². The van der Waals surface area contributed by atoms with Crippen molar-refractivity contribution in [3.63, 3.8) is 0 Å². The molecule has 6 rings (SSSR count). The molecular formula is C34H34ClF2N4O2S2+. The van der Waals surface area contributed by atoms with Crippen molar-refractivity contribution in [2.24, 2.45) is 21.2 Å². The van der Waals surface area contributed by atoms with Crippen molar-refractivity contribution in [3.05, 3.63) is 111 Å². The maximum absolute atomic E-state index is 14.5. The van der Waals surface area contributed by atoms with Gasteiger partial charge in [-0.25, -0.2) is 17.2 Å². The van der Waals surface area contributed by atoms with Gasteiger partial charge in [-0.1, -0.05) is 56.6 Å². The fourth-order valence-electron chi connectivity index (χ4n) is 6.38. The third-order valence-corrected chi connectivity index (χ3v) is 11.8. The summed E-state index contributed by atoms with van der Waals surface area (Å²) in [6.45, 7) is 8.36. The fourth-order valence-corrected chi connectivity index (χ4v) is 8.16. The maximum atomic E-state index is 14.5. The Balaban J connectivity index is 1.31. The van der Waals surface area contributed by atoms with Gasteiger partial charge in [0.1, 0.15) is 5.22 Å². The lowest BCUT2D eigenvalue weighted by Crippen LogP contribution is -2.27. The summed E-state index contributed by atoms with van der Waals surface area (Å²) in [4.78, 5) is 5.22. The Hall–Kier alpha value is -3.21. The highest BCUT2D eigenvalue weighted by atomic mass is 35.5. The number of benzene rings is 3. The van der Waals surface area contributed by atoms with E-state index in [4.69, 9.17) is 16.6 Å². The van der Waals surface area contributed by atoms with Crippen LogP contribution in [0.3, 0.4) is 0 Å². The Morgan fingerprint density at radius 2 is 1.76 bits per heavy atom. The highest BCUT2D eigenvalue weighted by molar-refractivity contribution is 8.13. The number of allylic oxidation sites excluding steroid dienone is 1. The molecule has 0 radical (unpaired) electrons. The molecule has 6 nitrogen and oxygen atoms in total. The smallest absolute Gasteiger partial charge is 0.239 e. The first-order valence-electron chi connectivity index (χ1n) is 14.8. The molecule has 3 aromatic rings. The van der Waals surface area contributed by atoms with Crippen LogP contribution in [0.5, 0.6) is 0 Å². The first-order valence-corrected chi connectivity index (χ1v) is 18.0. The van der Waals surface area contributed by atoms with E-state index in [1.165, 1.54) is 18.4 Å². The molecule has 0 amide bonds. The Morgan fingerprint density at radius 1 is 1.02 bits per heavy atom. The van der Waals surface area contributed by atoms with Crippen molar-refractivity contribution in [2.75, 3.05) is 6.26 Å². The highest BCUT2D eigenvalue weighted by Gasteiger charge is 2.59. The number of aliphatic imine (C=N–C) groups is 1. The lowest BCUT2D eigenvalue weighted by molar-refractivity contribution is -0.444. The quantitative estimate of drug-likeness (QED) is 0.188. The summed E-state index contributed by atoms with van der Waals surface area (Å²) < 4.78 is 54.6. The number of hydrogen-bond donors (Lipinski definition) is 0. The van der Waals surface area contributed by atoms with E-state index in [1.807, 2.05) is 35.2 Å². The third-order valence-electron chi connectivity index (χ3n) is 9.25. The number of sulfone groups is 1.